The Morgan fingerprint density at radius 2 is 1.75 bits per heavy atom. The fraction of sp³-hybridized carbons (Fsp3) is 1.00. The summed E-state index contributed by atoms with van der Waals surface area (Å²) < 4.78 is 10.2. The molecule has 0 aromatic rings. The molecule has 0 aliphatic carbocycles. The van der Waals surface area contributed by atoms with Crippen molar-refractivity contribution in [2.45, 2.75) is 6.42 Å². The summed E-state index contributed by atoms with van der Waals surface area (Å²) in [5.41, 5.74) is 0. The highest BCUT2D eigenvalue weighted by molar-refractivity contribution is 9.09. The fourth-order valence-corrected chi connectivity index (χ4v) is 2.41. The predicted octanol–water partition coefficient (Wildman–Crippen LogP) is 2.45. The van der Waals surface area contributed by atoms with Crippen LogP contribution in [0.3, 0.4) is 0 Å². The molecule has 0 saturated heterocycles. The summed E-state index contributed by atoms with van der Waals surface area (Å²) >= 11 is 6.90. The molecule has 2 nitrogen and oxygen atoms in total. The Kier molecular flexibility index (Phi) is 10.7. The smallest absolute Gasteiger partial charge is 0.0700 e. The number of hydrogen-bond acceptors (Lipinski definition) is 2. The van der Waals surface area contributed by atoms with E-state index in [0.717, 1.165) is 23.7 Å². The lowest BCUT2D eigenvalue weighted by Crippen LogP contribution is -2.10. The van der Waals surface area contributed by atoms with E-state index in [4.69, 9.17) is 9.47 Å². The summed E-state index contributed by atoms with van der Waals surface area (Å²) in [5, 5.41) is 2.07. The van der Waals surface area contributed by atoms with Crippen molar-refractivity contribution in [2.75, 3.05) is 37.6 Å². The molecule has 0 aliphatic rings. The fourth-order valence-electron chi connectivity index (χ4n) is 0.690. The van der Waals surface area contributed by atoms with Gasteiger partial charge in [-0.05, 0) is 12.3 Å². The minimum Gasteiger partial charge on any atom is -0.382 e. The largest absolute Gasteiger partial charge is 0.382 e. The zero-order valence-corrected chi connectivity index (χ0v) is 10.6. The van der Waals surface area contributed by atoms with E-state index >= 15 is 0 Å². The summed E-state index contributed by atoms with van der Waals surface area (Å²) in [6.07, 6.45) is 1.10. The lowest BCUT2D eigenvalue weighted by molar-refractivity contribution is 0.0659. The third-order valence-electron chi connectivity index (χ3n) is 1.54. The Labute approximate surface area is 91.3 Å². The standard InChI is InChI=1S/C8H16Br2O2/c1-11-4-5-12-3-2-8(6-9)7-10/h8H,2-7H2,1H3. The van der Waals surface area contributed by atoms with Crippen molar-refractivity contribution >= 4 is 31.9 Å². The summed E-state index contributed by atoms with van der Waals surface area (Å²) in [6.45, 7) is 2.21. The Hall–Kier alpha value is 0.880. The SMILES string of the molecule is COCCOCCC(CBr)CBr. The second kappa shape index (κ2) is 9.96. The van der Waals surface area contributed by atoms with Crippen LogP contribution in [0.2, 0.25) is 0 Å². The van der Waals surface area contributed by atoms with Crippen LogP contribution in [0, 0.1) is 5.92 Å². The first-order valence-corrected chi connectivity index (χ1v) is 6.28. The lowest BCUT2D eigenvalue weighted by atomic mass is 10.1. The van der Waals surface area contributed by atoms with Gasteiger partial charge in [-0.1, -0.05) is 31.9 Å². The average molecular weight is 304 g/mol. The van der Waals surface area contributed by atoms with E-state index in [2.05, 4.69) is 31.9 Å². The van der Waals surface area contributed by atoms with Crippen LogP contribution in [0.4, 0.5) is 0 Å². The number of methoxy groups -OCH3 is 1. The molecule has 12 heavy (non-hydrogen) atoms. The van der Waals surface area contributed by atoms with Crippen molar-refractivity contribution in [1.29, 1.82) is 0 Å². The van der Waals surface area contributed by atoms with E-state index in [1.54, 1.807) is 7.11 Å². The molecule has 0 spiro atoms. The minimum absolute atomic E-state index is 0.674. The van der Waals surface area contributed by atoms with Gasteiger partial charge < -0.3 is 9.47 Å². The molecule has 0 saturated carbocycles. The van der Waals surface area contributed by atoms with Crippen molar-refractivity contribution in [3.63, 3.8) is 0 Å². The number of halogens is 2. The number of hydrogen-bond donors (Lipinski definition) is 0. The van der Waals surface area contributed by atoms with E-state index in [1.165, 1.54) is 0 Å². The van der Waals surface area contributed by atoms with Crippen molar-refractivity contribution in [1.82, 2.24) is 0 Å². The molecule has 0 N–H and O–H groups in total. The van der Waals surface area contributed by atoms with E-state index < -0.39 is 0 Å². The van der Waals surface area contributed by atoms with Crippen LogP contribution in [0.1, 0.15) is 6.42 Å². The predicted molar refractivity (Wildman–Crippen MR) is 58.4 cm³/mol. The quantitative estimate of drug-likeness (QED) is 0.506. The van der Waals surface area contributed by atoms with Crippen molar-refractivity contribution < 1.29 is 9.47 Å². The van der Waals surface area contributed by atoms with Crippen LogP contribution in [0.15, 0.2) is 0 Å². The van der Waals surface area contributed by atoms with Gasteiger partial charge in [0.05, 0.1) is 13.2 Å². The molecule has 0 unspecified atom stereocenters. The molecule has 0 radical (unpaired) electrons. The third kappa shape index (κ3) is 7.53. The molecule has 0 aliphatic heterocycles. The summed E-state index contributed by atoms with van der Waals surface area (Å²) in [6, 6.07) is 0. The average Bonchev–Trinajstić information content (AvgIpc) is 2.11. The molecule has 0 rings (SSSR count). The van der Waals surface area contributed by atoms with Crippen LogP contribution in [0.25, 0.3) is 0 Å². The van der Waals surface area contributed by atoms with E-state index in [0.29, 0.717) is 19.1 Å². The van der Waals surface area contributed by atoms with Crippen molar-refractivity contribution in [2.24, 2.45) is 5.92 Å². The maximum Gasteiger partial charge on any atom is 0.0700 e. The highest BCUT2D eigenvalue weighted by atomic mass is 79.9. The Bertz CT molecular complexity index is 87.1. The third-order valence-corrected chi connectivity index (χ3v) is 3.37. The maximum atomic E-state index is 5.34. The maximum absolute atomic E-state index is 5.34. The number of rotatable bonds is 8. The highest BCUT2D eigenvalue weighted by Crippen LogP contribution is 2.09. The van der Waals surface area contributed by atoms with Crippen LogP contribution >= 0.6 is 31.9 Å². The normalized spacial score (nSPS) is 11.0. The minimum atomic E-state index is 0.674. The molecule has 4 heteroatoms. The second-order valence-electron chi connectivity index (χ2n) is 2.57. The van der Waals surface area contributed by atoms with Gasteiger partial charge in [-0.2, -0.15) is 0 Å². The van der Waals surface area contributed by atoms with Crippen LogP contribution < -0.4 is 0 Å². The molecular weight excluding hydrogens is 288 g/mol. The zero-order valence-electron chi connectivity index (χ0n) is 7.39. The van der Waals surface area contributed by atoms with Gasteiger partial charge in [0.1, 0.15) is 0 Å². The Morgan fingerprint density at radius 1 is 1.08 bits per heavy atom. The van der Waals surface area contributed by atoms with Crippen LogP contribution in [-0.4, -0.2) is 37.6 Å². The van der Waals surface area contributed by atoms with Gasteiger partial charge in [-0.15, -0.1) is 0 Å². The Morgan fingerprint density at radius 3 is 2.25 bits per heavy atom. The second-order valence-corrected chi connectivity index (χ2v) is 3.86. The first-order valence-electron chi connectivity index (χ1n) is 4.03. The number of ether oxygens (including phenoxy) is 2. The summed E-state index contributed by atoms with van der Waals surface area (Å²) in [7, 11) is 1.68. The van der Waals surface area contributed by atoms with E-state index in [9.17, 15) is 0 Å². The molecule has 0 bridgehead atoms. The van der Waals surface area contributed by atoms with Crippen LogP contribution in [-0.2, 0) is 9.47 Å². The van der Waals surface area contributed by atoms with Gasteiger partial charge in [-0.25, -0.2) is 0 Å². The molecule has 74 valence electrons. The molecule has 0 amide bonds. The molecule has 0 heterocycles. The zero-order chi connectivity index (χ0) is 9.23. The van der Waals surface area contributed by atoms with Gasteiger partial charge in [0.2, 0.25) is 0 Å². The van der Waals surface area contributed by atoms with Gasteiger partial charge in [0.25, 0.3) is 0 Å². The topological polar surface area (TPSA) is 18.5 Å². The van der Waals surface area contributed by atoms with E-state index in [-0.39, 0.29) is 0 Å². The molecule has 0 aromatic carbocycles. The molecule has 0 atom stereocenters. The monoisotopic (exact) mass is 302 g/mol. The van der Waals surface area contributed by atoms with Gasteiger partial charge in [0, 0.05) is 24.4 Å². The number of alkyl halides is 2. The van der Waals surface area contributed by atoms with Crippen molar-refractivity contribution in [3.8, 4) is 0 Å². The van der Waals surface area contributed by atoms with Crippen molar-refractivity contribution in [3.05, 3.63) is 0 Å². The van der Waals surface area contributed by atoms with Crippen LogP contribution in [0.5, 0.6) is 0 Å². The Balaban J connectivity index is 3.06. The van der Waals surface area contributed by atoms with Gasteiger partial charge in [0.15, 0.2) is 0 Å². The molecule has 0 fully saturated rings. The summed E-state index contributed by atoms with van der Waals surface area (Å²) in [4.78, 5) is 0. The first-order chi connectivity index (χ1) is 5.85. The molecular formula is C8H16Br2O2. The van der Waals surface area contributed by atoms with E-state index in [1.807, 2.05) is 0 Å². The summed E-state index contributed by atoms with van der Waals surface area (Å²) in [5.74, 6) is 0.674. The van der Waals surface area contributed by atoms with Gasteiger partial charge >= 0.3 is 0 Å². The van der Waals surface area contributed by atoms with Gasteiger partial charge in [-0.3, -0.25) is 0 Å². The highest BCUT2D eigenvalue weighted by Gasteiger charge is 2.03. The molecule has 0 aromatic heterocycles. The lowest BCUT2D eigenvalue weighted by Gasteiger charge is -2.09. The first kappa shape index (κ1) is 12.9.